The zero-order valence-corrected chi connectivity index (χ0v) is 12.8. The summed E-state index contributed by atoms with van der Waals surface area (Å²) in [4.78, 5) is 12.3. The molecule has 20 heavy (non-hydrogen) atoms. The van der Waals surface area contributed by atoms with Crippen LogP contribution in [0.5, 0.6) is 5.75 Å². The second-order valence-corrected chi connectivity index (χ2v) is 5.35. The number of halogens is 1. The molecule has 0 saturated carbocycles. The van der Waals surface area contributed by atoms with Crippen LogP contribution in [0.3, 0.4) is 0 Å². The standard InChI is InChI=1S/C15H15BrN2O2/c1-9-5-10(16)7-12(6-9)18-15(19)13-8-11(17)3-4-14(13)20-2/h3-8H,17H2,1-2H3,(H,18,19). The number of nitrogen functional groups attached to an aromatic ring is 1. The fourth-order valence-electron chi connectivity index (χ4n) is 1.91. The Morgan fingerprint density at radius 2 is 2.00 bits per heavy atom. The first kappa shape index (κ1) is 14.4. The van der Waals surface area contributed by atoms with Gasteiger partial charge in [0.25, 0.3) is 5.91 Å². The second kappa shape index (κ2) is 5.96. The van der Waals surface area contributed by atoms with E-state index in [1.165, 1.54) is 7.11 Å². The summed E-state index contributed by atoms with van der Waals surface area (Å²) in [6.45, 7) is 1.96. The SMILES string of the molecule is COc1ccc(N)cc1C(=O)Nc1cc(C)cc(Br)c1. The molecule has 0 aliphatic rings. The summed E-state index contributed by atoms with van der Waals surface area (Å²) in [5.41, 5.74) is 8.41. The number of hydrogen-bond donors (Lipinski definition) is 2. The number of rotatable bonds is 3. The van der Waals surface area contributed by atoms with Crippen LogP contribution in [0.4, 0.5) is 11.4 Å². The number of aryl methyl sites for hydroxylation is 1. The first-order valence-electron chi connectivity index (χ1n) is 6.01. The lowest BCUT2D eigenvalue weighted by atomic mass is 10.1. The van der Waals surface area contributed by atoms with Crippen molar-refractivity contribution in [2.75, 3.05) is 18.2 Å². The fraction of sp³-hybridized carbons (Fsp3) is 0.133. The maximum Gasteiger partial charge on any atom is 0.259 e. The Morgan fingerprint density at radius 3 is 2.65 bits per heavy atom. The second-order valence-electron chi connectivity index (χ2n) is 4.43. The van der Waals surface area contributed by atoms with E-state index in [0.717, 1.165) is 10.0 Å². The van der Waals surface area contributed by atoms with Gasteiger partial charge in [-0.2, -0.15) is 0 Å². The lowest BCUT2D eigenvalue weighted by Crippen LogP contribution is -2.13. The summed E-state index contributed by atoms with van der Waals surface area (Å²) in [5, 5.41) is 2.84. The van der Waals surface area contributed by atoms with Gasteiger partial charge in [-0.25, -0.2) is 0 Å². The van der Waals surface area contributed by atoms with E-state index in [-0.39, 0.29) is 5.91 Å². The highest BCUT2D eigenvalue weighted by Gasteiger charge is 2.13. The largest absolute Gasteiger partial charge is 0.496 e. The van der Waals surface area contributed by atoms with Gasteiger partial charge in [-0.15, -0.1) is 0 Å². The molecule has 0 atom stereocenters. The molecule has 0 fully saturated rings. The zero-order chi connectivity index (χ0) is 14.7. The Bertz CT molecular complexity index is 636. The van der Waals surface area contributed by atoms with Crippen LogP contribution in [0.2, 0.25) is 0 Å². The van der Waals surface area contributed by atoms with E-state index in [1.54, 1.807) is 18.2 Å². The lowest BCUT2D eigenvalue weighted by Gasteiger charge is -2.11. The highest BCUT2D eigenvalue weighted by atomic mass is 79.9. The molecule has 0 spiro atoms. The minimum Gasteiger partial charge on any atom is -0.496 e. The Morgan fingerprint density at radius 1 is 1.25 bits per heavy atom. The molecule has 0 bridgehead atoms. The van der Waals surface area contributed by atoms with Gasteiger partial charge in [0.05, 0.1) is 12.7 Å². The minimum absolute atomic E-state index is 0.258. The number of benzene rings is 2. The molecular weight excluding hydrogens is 320 g/mol. The van der Waals surface area contributed by atoms with E-state index in [9.17, 15) is 4.79 Å². The summed E-state index contributed by atoms with van der Waals surface area (Å²) >= 11 is 3.40. The summed E-state index contributed by atoms with van der Waals surface area (Å²) in [6.07, 6.45) is 0. The van der Waals surface area contributed by atoms with Crippen molar-refractivity contribution in [1.29, 1.82) is 0 Å². The molecule has 5 heteroatoms. The van der Waals surface area contributed by atoms with Crippen LogP contribution in [0.25, 0.3) is 0 Å². The van der Waals surface area contributed by atoms with Gasteiger partial charge in [0, 0.05) is 15.8 Å². The Labute approximate surface area is 126 Å². The Hall–Kier alpha value is -2.01. The van der Waals surface area contributed by atoms with E-state index in [2.05, 4.69) is 21.2 Å². The van der Waals surface area contributed by atoms with Crippen molar-refractivity contribution in [2.45, 2.75) is 6.92 Å². The molecule has 3 N–H and O–H groups in total. The van der Waals surface area contributed by atoms with Gasteiger partial charge in [-0.05, 0) is 48.9 Å². The van der Waals surface area contributed by atoms with Crippen molar-refractivity contribution in [1.82, 2.24) is 0 Å². The third-order valence-electron chi connectivity index (χ3n) is 2.77. The number of nitrogens with two attached hydrogens (primary N) is 1. The number of methoxy groups -OCH3 is 1. The molecule has 0 radical (unpaired) electrons. The number of carbonyl (C=O) groups excluding carboxylic acids is 1. The predicted octanol–water partition coefficient (Wildman–Crippen LogP) is 3.60. The molecule has 104 valence electrons. The minimum atomic E-state index is -0.258. The number of carbonyl (C=O) groups is 1. The number of nitrogens with one attached hydrogen (secondary N) is 1. The molecule has 0 aliphatic heterocycles. The van der Waals surface area contributed by atoms with E-state index in [4.69, 9.17) is 10.5 Å². The van der Waals surface area contributed by atoms with Gasteiger partial charge < -0.3 is 15.8 Å². The normalized spacial score (nSPS) is 10.2. The monoisotopic (exact) mass is 334 g/mol. The van der Waals surface area contributed by atoms with Crippen LogP contribution in [-0.4, -0.2) is 13.0 Å². The molecule has 0 unspecified atom stereocenters. The van der Waals surface area contributed by atoms with E-state index in [0.29, 0.717) is 22.7 Å². The third kappa shape index (κ3) is 3.30. The number of ether oxygens (including phenoxy) is 1. The van der Waals surface area contributed by atoms with Crippen molar-refractivity contribution in [3.8, 4) is 5.75 Å². The lowest BCUT2D eigenvalue weighted by molar-refractivity contribution is 0.102. The number of hydrogen-bond acceptors (Lipinski definition) is 3. The van der Waals surface area contributed by atoms with Crippen LogP contribution >= 0.6 is 15.9 Å². The van der Waals surface area contributed by atoms with E-state index >= 15 is 0 Å². The van der Waals surface area contributed by atoms with E-state index in [1.807, 2.05) is 25.1 Å². The van der Waals surface area contributed by atoms with Gasteiger partial charge >= 0.3 is 0 Å². The Balaban J connectivity index is 2.30. The average molecular weight is 335 g/mol. The maximum absolute atomic E-state index is 12.3. The molecule has 2 aromatic rings. The predicted molar refractivity (Wildman–Crippen MR) is 84.2 cm³/mol. The molecule has 2 rings (SSSR count). The molecular formula is C15H15BrN2O2. The highest BCUT2D eigenvalue weighted by Crippen LogP contribution is 2.24. The van der Waals surface area contributed by atoms with Crippen molar-refractivity contribution in [3.63, 3.8) is 0 Å². The van der Waals surface area contributed by atoms with Crippen LogP contribution in [-0.2, 0) is 0 Å². The molecule has 2 aromatic carbocycles. The Kier molecular flexibility index (Phi) is 4.29. The maximum atomic E-state index is 12.3. The van der Waals surface area contributed by atoms with Crippen molar-refractivity contribution >= 4 is 33.2 Å². The molecule has 0 aliphatic carbocycles. The fourth-order valence-corrected chi connectivity index (χ4v) is 2.52. The highest BCUT2D eigenvalue weighted by molar-refractivity contribution is 9.10. The summed E-state index contributed by atoms with van der Waals surface area (Å²) < 4.78 is 6.09. The topological polar surface area (TPSA) is 64.3 Å². The van der Waals surface area contributed by atoms with E-state index < -0.39 is 0 Å². The number of anilines is 2. The van der Waals surface area contributed by atoms with Crippen LogP contribution in [0.1, 0.15) is 15.9 Å². The molecule has 0 aromatic heterocycles. The first-order valence-corrected chi connectivity index (χ1v) is 6.81. The smallest absolute Gasteiger partial charge is 0.259 e. The van der Waals surface area contributed by atoms with Crippen LogP contribution in [0.15, 0.2) is 40.9 Å². The summed E-state index contributed by atoms with van der Waals surface area (Å²) in [5.74, 6) is 0.232. The van der Waals surface area contributed by atoms with Gasteiger partial charge in [-0.3, -0.25) is 4.79 Å². The van der Waals surface area contributed by atoms with Crippen molar-refractivity contribution < 1.29 is 9.53 Å². The molecule has 0 heterocycles. The third-order valence-corrected chi connectivity index (χ3v) is 3.23. The average Bonchev–Trinajstić information content (AvgIpc) is 2.37. The quantitative estimate of drug-likeness (QED) is 0.843. The molecule has 1 amide bonds. The molecule has 4 nitrogen and oxygen atoms in total. The van der Waals surface area contributed by atoms with Crippen molar-refractivity contribution in [3.05, 3.63) is 52.0 Å². The van der Waals surface area contributed by atoms with Crippen LogP contribution < -0.4 is 15.8 Å². The number of amides is 1. The summed E-state index contributed by atoms with van der Waals surface area (Å²) in [6, 6.07) is 10.7. The zero-order valence-electron chi connectivity index (χ0n) is 11.2. The molecule has 0 saturated heterocycles. The van der Waals surface area contributed by atoms with Crippen LogP contribution in [0, 0.1) is 6.92 Å². The van der Waals surface area contributed by atoms with Gasteiger partial charge in [0.1, 0.15) is 5.75 Å². The van der Waals surface area contributed by atoms with Crippen molar-refractivity contribution in [2.24, 2.45) is 0 Å². The van der Waals surface area contributed by atoms with Gasteiger partial charge in [0.2, 0.25) is 0 Å². The summed E-state index contributed by atoms with van der Waals surface area (Å²) in [7, 11) is 1.52. The van der Waals surface area contributed by atoms with Gasteiger partial charge in [-0.1, -0.05) is 15.9 Å². The van der Waals surface area contributed by atoms with Gasteiger partial charge in [0.15, 0.2) is 0 Å². The first-order chi connectivity index (χ1) is 9.49.